The summed E-state index contributed by atoms with van der Waals surface area (Å²) in [6.45, 7) is 0. The molecular formula is C12H8F6. The van der Waals surface area contributed by atoms with E-state index in [-0.39, 0.29) is 0 Å². The Labute approximate surface area is 98.9 Å². The number of benzene rings is 1. The first-order valence-electron chi connectivity index (χ1n) is 5.08. The molecule has 1 aromatic carbocycles. The molecule has 0 bridgehead atoms. The molecule has 98 valence electrons. The molecule has 0 aromatic heterocycles. The quantitative estimate of drug-likeness (QED) is 0.617. The fourth-order valence-corrected chi connectivity index (χ4v) is 1.56. The summed E-state index contributed by atoms with van der Waals surface area (Å²) in [4.78, 5) is 0. The molecule has 3 rings (SSSR count). The minimum atomic E-state index is -5.15. The first-order chi connectivity index (χ1) is 8.17. The second kappa shape index (κ2) is 3.76. The van der Waals surface area contributed by atoms with Gasteiger partial charge in [-0.25, -0.2) is 0 Å². The lowest BCUT2D eigenvalue weighted by atomic mass is 9.84. The molecule has 1 aromatic rings. The summed E-state index contributed by atoms with van der Waals surface area (Å²) in [6.07, 6.45) is 2.19. The molecule has 0 N–H and O–H groups in total. The van der Waals surface area contributed by atoms with Crippen LogP contribution in [0.2, 0.25) is 0 Å². The number of rotatable bonds is 0. The molecule has 0 atom stereocenters. The molecule has 0 aliphatic heterocycles. The smallest absolute Gasteiger partial charge is 0.199 e. The largest absolute Gasteiger partial charge is 0.372 e. The van der Waals surface area contributed by atoms with Crippen LogP contribution >= 0.6 is 0 Å². The predicted molar refractivity (Wildman–Crippen MR) is 54.8 cm³/mol. The molecule has 6 heteroatoms. The molecule has 0 heterocycles. The molecule has 1 saturated carbocycles. The zero-order valence-electron chi connectivity index (χ0n) is 8.94. The standard InChI is InChI=1S/C8H6.C4H2F6/c1-2-4-8-6-5-7(8)3-1;5-2(6)1-3(7,8)4(2,9)10/h1-6H;1H2. The van der Waals surface area contributed by atoms with Crippen molar-refractivity contribution in [3.05, 3.63) is 35.4 Å². The fraction of sp³-hybridized carbons (Fsp3) is 0.333. The van der Waals surface area contributed by atoms with E-state index in [0.717, 1.165) is 0 Å². The van der Waals surface area contributed by atoms with Gasteiger partial charge < -0.3 is 0 Å². The van der Waals surface area contributed by atoms with Crippen LogP contribution in [0.5, 0.6) is 0 Å². The minimum Gasteiger partial charge on any atom is -0.199 e. The maximum Gasteiger partial charge on any atom is 0.372 e. The van der Waals surface area contributed by atoms with Crippen molar-refractivity contribution >= 4 is 12.2 Å². The highest BCUT2D eigenvalue weighted by molar-refractivity contribution is 5.85. The van der Waals surface area contributed by atoms with Crippen LogP contribution in [0.1, 0.15) is 17.5 Å². The highest BCUT2D eigenvalue weighted by atomic mass is 19.4. The molecule has 0 amide bonds. The molecule has 0 unspecified atom stereocenters. The zero-order chi connectivity index (χ0) is 13.6. The van der Waals surface area contributed by atoms with Crippen LogP contribution in [0, 0.1) is 0 Å². The van der Waals surface area contributed by atoms with Crippen LogP contribution in [-0.2, 0) is 0 Å². The van der Waals surface area contributed by atoms with Crippen LogP contribution in [-0.4, -0.2) is 17.8 Å². The predicted octanol–water partition coefficient (Wildman–Crippen LogP) is 4.47. The molecular weight excluding hydrogens is 258 g/mol. The Bertz CT molecular complexity index is 448. The van der Waals surface area contributed by atoms with E-state index in [1.54, 1.807) is 0 Å². The maximum absolute atomic E-state index is 11.6. The lowest BCUT2D eigenvalue weighted by Gasteiger charge is -2.42. The summed E-state index contributed by atoms with van der Waals surface area (Å²) in [7, 11) is 0. The van der Waals surface area contributed by atoms with E-state index >= 15 is 0 Å². The van der Waals surface area contributed by atoms with Gasteiger partial charge in [-0.1, -0.05) is 36.4 Å². The Morgan fingerprint density at radius 3 is 1.22 bits per heavy atom. The van der Waals surface area contributed by atoms with Crippen molar-refractivity contribution in [3.63, 3.8) is 0 Å². The van der Waals surface area contributed by atoms with Gasteiger partial charge in [-0.05, 0) is 11.1 Å². The number of hydrogen-bond acceptors (Lipinski definition) is 0. The van der Waals surface area contributed by atoms with Gasteiger partial charge in [-0.2, -0.15) is 26.3 Å². The molecule has 0 radical (unpaired) electrons. The topological polar surface area (TPSA) is 0 Å². The van der Waals surface area contributed by atoms with Crippen LogP contribution in [0.15, 0.2) is 24.3 Å². The van der Waals surface area contributed by atoms with Crippen molar-refractivity contribution in [1.82, 2.24) is 0 Å². The van der Waals surface area contributed by atoms with Gasteiger partial charge >= 0.3 is 17.8 Å². The van der Waals surface area contributed by atoms with E-state index < -0.39 is 24.2 Å². The SMILES string of the molecule is C1=Cc2ccccc21.FC1(F)CC(F)(F)C1(F)F. The average molecular weight is 266 g/mol. The van der Waals surface area contributed by atoms with Gasteiger partial charge in [-0.3, -0.25) is 0 Å². The van der Waals surface area contributed by atoms with E-state index in [2.05, 4.69) is 36.4 Å². The maximum atomic E-state index is 11.6. The van der Waals surface area contributed by atoms with Gasteiger partial charge in [0.15, 0.2) is 0 Å². The molecule has 0 spiro atoms. The monoisotopic (exact) mass is 266 g/mol. The number of hydrogen-bond donors (Lipinski definition) is 0. The first kappa shape index (κ1) is 13.0. The highest BCUT2D eigenvalue weighted by Crippen LogP contribution is 2.60. The molecule has 1 fully saturated rings. The zero-order valence-corrected chi connectivity index (χ0v) is 8.94. The number of fused-ring (bicyclic) bond motifs is 1. The van der Waals surface area contributed by atoms with E-state index in [9.17, 15) is 26.3 Å². The van der Waals surface area contributed by atoms with E-state index in [1.165, 1.54) is 11.1 Å². The molecule has 0 nitrogen and oxygen atoms in total. The fourth-order valence-electron chi connectivity index (χ4n) is 1.56. The Kier molecular flexibility index (Phi) is 2.72. The van der Waals surface area contributed by atoms with Crippen LogP contribution in [0.3, 0.4) is 0 Å². The molecule has 2 aliphatic rings. The van der Waals surface area contributed by atoms with Gasteiger partial charge in [0, 0.05) is 0 Å². The Morgan fingerprint density at radius 1 is 0.722 bits per heavy atom. The van der Waals surface area contributed by atoms with E-state index in [1.807, 2.05) is 0 Å². The van der Waals surface area contributed by atoms with Crippen LogP contribution in [0.4, 0.5) is 26.3 Å². The molecule has 0 saturated heterocycles. The third-order valence-corrected chi connectivity index (χ3v) is 2.80. The van der Waals surface area contributed by atoms with Crippen LogP contribution < -0.4 is 0 Å². The van der Waals surface area contributed by atoms with Crippen molar-refractivity contribution in [3.8, 4) is 0 Å². The summed E-state index contributed by atoms with van der Waals surface area (Å²) >= 11 is 0. The Balaban J connectivity index is 0.000000136. The van der Waals surface area contributed by atoms with Crippen LogP contribution in [0.25, 0.3) is 12.2 Å². The van der Waals surface area contributed by atoms with Crippen molar-refractivity contribution in [2.45, 2.75) is 24.2 Å². The van der Waals surface area contributed by atoms with E-state index in [0.29, 0.717) is 0 Å². The Morgan fingerprint density at radius 2 is 1.11 bits per heavy atom. The molecule has 18 heavy (non-hydrogen) atoms. The van der Waals surface area contributed by atoms with Crippen molar-refractivity contribution < 1.29 is 26.3 Å². The van der Waals surface area contributed by atoms with E-state index in [4.69, 9.17) is 0 Å². The lowest BCUT2D eigenvalue weighted by Crippen LogP contribution is -2.67. The van der Waals surface area contributed by atoms with Gasteiger partial charge in [0.1, 0.15) is 0 Å². The normalized spacial score (nSPS) is 23.9. The van der Waals surface area contributed by atoms with Gasteiger partial charge in [-0.15, -0.1) is 0 Å². The first-order valence-corrected chi connectivity index (χ1v) is 5.08. The summed E-state index contributed by atoms with van der Waals surface area (Å²) in [5.74, 6) is -14.2. The highest BCUT2D eigenvalue weighted by Gasteiger charge is 2.83. The molecule has 2 aliphatic carbocycles. The summed E-state index contributed by atoms with van der Waals surface area (Å²) < 4.78 is 69.5. The number of halogens is 6. The minimum absolute atomic E-state index is 1.37. The van der Waals surface area contributed by atoms with Crippen molar-refractivity contribution in [2.24, 2.45) is 0 Å². The van der Waals surface area contributed by atoms with Gasteiger partial charge in [0.2, 0.25) is 0 Å². The second-order valence-electron chi connectivity index (χ2n) is 4.12. The average Bonchev–Trinajstić information content (AvgIpc) is 2.19. The second-order valence-corrected chi connectivity index (χ2v) is 4.12. The number of alkyl halides is 6. The van der Waals surface area contributed by atoms with Crippen molar-refractivity contribution in [2.75, 3.05) is 0 Å². The Hall–Kier alpha value is -1.46. The van der Waals surface area contributed by atoms with Crippen molar-refractivity contribution in [1.29, 1.82) is 0 Å². The summed E-state index contributed by atoms with van der Waals surface area (Å²) in [5, 5.41) is 0. The van der Waals surface area contributed by atoms with Gasteiger partial charge in [0.25, 0.3) is 0 Å². The third-order valence-electron chi connectivity index (χ3n) is 2.80. The van der Waals surface area contributed by atoms with Gasteiger partial charge in [0.05, 0.1) is 6.42 Å². The lowest BCUT2D eigenvalue weighted by molar-refractivity contribution is -0.396. The summed E-state index contributed by atoms with van der Waals surface area (Å²) in [5.41, 5.74) is 2.74. The third kappa shape index (κ3) is 1.79. The summed E-state index contributed by atoms with van der Waals surface area (Å²) in [6, 6.07) is 8.36.